The van der Waals surface area contributed by atoms with E-state index in [9.17, 15) is 13.2 Å². The molecular weight excluding hydrogens is 452 g/mol. The van der Waals surface area contributed by atoms with Gasteiger partial charge in [-0.1, -0.05) is 19.1 Å². The molecule has 2 aliphatic heterocycles. The highest BCUT2D eigenvalue weighted by atomic mass is 32.2. The van der Waals surface area contributed by atoms with E-state index in [0.29, 0.717) is 49.8 Å². The number of hydrogen-bond acceptors (Lipinski definition) is 5. The van der Waals surface area contributed by atoms with Gasteiger partial charge in [-0.15, -0.1) is 0 Å². The Morgan fingerprint density at radius 2 is 1.76 bits per heavy atom. The number of piperidine rings is 1. The molecule has 1 aliphatic carbocycles. The van der Waals surface area contributed by atoms with Crippen molar-refractivity contribution in [3.63, 3.8) is 0 Å². The number of carbonyl (C=O) groups is 1. The second kappa shape index (κ2) is 9.58. The van der Waals surface area contributed by atoms with Gasteiger partial charge < -0.3 is 14.8 Å². The van der Waals surface area contributed by atoms with Crippen molar-refractivity contribution < 1.29 is 22.7 Å². The zero-order valence-corrected chi connectivity index (χ0v) is 20.4. The summed E-state index contributed by atoms with van der Waals surface area (Å²) in [6.07, 6.45) is 4.85. The Morgan fingerprint density at radius 1 is 1.03 bits per heavy atom. The molecule has 0 aromatic heterocycles. The van der Waals surface area contributed by atoms with Crippen LogP contribution >= 0.6 is 0 Å². The zero-order chi connectivity index (χ0) is 23.7. The standard InChI is InChI=1S/C26H32N2O5S/c1-2-23(21-7-9-24-25(17-21)33-15-14-32-24)27-26(29)19-10-12-28(13-11-19)34(30,31)22-8-6-18-4-3-5-20(18)16-22/h6-9,16-17,19,23H,2-5,10-15H2,1H3,(H,27,29). The van der Waals surface area contributed by atoms with E-state index >= 15 is 0 Å². The summed E-state index contributed by atoms with van der Waals surface area (Å²) in [5.74, 6) is 1.23. The fourth-order valence-electron chi connectivity index (χ4n) is 5.20. The van der Waals surface area contributed by atoms with Gasteiger partial charge in [0.1, 0.15) is 13.2 Å². The molecule has 182 valence electrons. The van der Waals surface area contributed by atoms with Crippen LogP contribution in [0.4, 0.5) is 0 Å². The van der Waals surface area contributed by atoms with Crippen LogP contribution in [0.1, 0.15) is 55.3 Å². The van der Waals surface area contributed by atoms with Gasteiger partial charge in [0.25, 0.3) is 0 Å². The van der Waals surface area contributed by atoms with Crippen LogP contribution < -0.4 is 14.8 Å². The highest BCUT2D eigenvalue weighted by molar-refractivity contribution is 7.89. The van der Waals surface area contributed by atoms with Crippen molar-refractivity contribution in [1.82, 2.24) is 9.62 Å². The van der Waals surface area contributed by atoms with E-state index in [2.05, 4.69) is 5.32 Å². The first-order valence-corrected chi connectivity index (χ1v) is 13.7. The van der Waals surface area contributed by atoms with E-state index in [1.54, 1.807) is 6.07 Å². The van der Waals surface area contributed by atoms with Crippen LogP contribution in [0.15, 0.2) is 41.3 Å². The van der Waals surface area contributed by atoms with Crippen LogP contribution in [0, 0.1) is 5.92 Å². The Labute approximate surface area is 201 Å². The topological polar surface area (TPSA) is 84.9 Å². The third-order valence-corrected chi connectivity index (χ3v) is 9.12. The van der Waals surface area contributed by atoms with Gasteiger partial charge in [-0.2, -0.15) is 4.31 Å². The van der Waals surface area contributed by atoms with Crippen molar-refractivity contribution in [1.29, 1.82) is 0 Å². The number of fused-ring (bicyclic) bond motifs is 2. The Hall–Kier alpha value is -2.58. The largest absolute Gasteiger partial charge is 0.486 e. The third kappa shape index (κ3) is 4.53. The van der Waals surface area contributed by atoms with Crippen molar-refractivity contribution in [2.24, 2.45) is 5.92 Å². The molecule has 2 aromatic rings. The number of sulfonamides is 1. The molecule has 0 spiro atoms. The normalized spacial score (nSPS) is 19.4. The summed E-state index contributed by atoms with van der Waals surface area (Å²) in [7, 11) is -3.54. The molecule has 0 bridgehead atoms. The van der Waals surface area contributed by atoms with E-state index in [4.69, 9.17) is 9.47 Å². The Morgan fingerprint density at radius 3 is 2.53 bits per heavy atom. The fourth-order valence-corrected chi connectivity index (χ4v) is 6.72. The molecule has 0 saturated carbocycles. The summed E-state index contributed by atoms with van der Waals surface area (Å²) in [5, 5.41) is 3.17. The summed E-state index contributed by atoms with van der Waals surface area (Å²) >= 11 is 0. The number of carbonyl (C=O) groups excluding carboxylic acids is 1. The highest BCUT2D eigenvalue weighted by Crippen LogP contribution is 2.34. The summed E-state index contributed by atoms with van der Waals surface area (Å²) in [5.41, 5.74) is 3.40. The molecule has 8 heteroatoms. The fraction of sp³-hybridized carbons (Fsp3) is 0.500. The zero-order valence-electron chi connectivity index (χ0n) is 19.6. The molecular formula is C26H32N2O5S. The Bertz CT molecular complexity index is 1170. The van der Waals surface area contributed by atoms with Crippen molar-refractivity contribution in [2.75, 3.05) is 26.3 Å². The number of aryl methyl sites for hydroxylation is 2. The quantitative estimate of drug-likeness (QED) is 0.677. The monoisotopic (exact) mass is 484 g/mol. The average molecular weight is 485 g/mol. The average Bonchev–Trinajstić information content (AvgIpc) is 3.35. The number of benzene rings is 2. The molecule has 5 rings (SSSR count). The molecule has 1 atom stereocenters. The van der Waals surface area contributed by atoms with Crippen LogP contribution in [0.5, 0.6) is 11.5 Å². The molecule has 34 heavy (non-hydrogen) atoms. The van der Waals surface area contributed by atoms with E-state index in [-0.39, 0.29) is 17.9 Å². The number of rotatable bonds is 6. The maximum absolute atomic E-state index is 13.2. The van der Waals surface area contributed by atoms with Gasteiger partial charge in [0.05, 0.1) is 10.9 Å². The minimum absolute atomic E-state index is 0.0173. The van der Waals surface area contributed by atoms with Gasteiger partial charge in [0, 0.05) is 19.0 Å². The summed E-state index contributed by atoms with van der Waals surface area (Å²) in [6, 6.07) is 11.2. The van der Waals surface area contributed by atoms with E-state index in [1.165, 1.54) is 9.87 Å². The van der Waals surface area contributed by atoms with Crippen LogP contribution in [-0.4, -0.2) is 44.9 Å². The molecule has 7 nitrogen and oxygen atoms in total. The molecule has 1 unspecified atom stereocenters. The first-order chi connectivity index (χ1) is 16.5. The lowest BCUT2D eigenvalue weighted by atomic mass is 9.95. The lowest BCUT2D eigenvalue weighted by molar-refractivity contribution is -0.126. The summed E-state index contributed by atoms with van der Waals surface area (Å²) < 4.78 is 39.2. The van der Waals surface area contributed by atoms with Gasteiger partial charge in [-0.25, -0.2) is 8.42 Å². The van der Waals surface area contributed by atoms with Gasteiger partial charge in [0.15, 0.2) is 11.5 Å². The van der Waals surface area contributed by atoms with Gasteiger partial charge >= 0.3 is 0 Å². The summed E-state index contributed by atoms with van der Waals surface area (Å²) in [4.78, 5) is 13.4. The maximum atomic E-state index is 13.2. The first kappa shape index (κ1) is 23.2. The smallest absolute Gasteiger partial charge is 0.243 e. The number of nitrogens with one attached hydrogen (secondary N) is 1. The van der Waals surface area contributed by atoms with Crippen LogP contribution in [0.25, 0.3) is 0 Å². The number of amides is 1. The Balaban J connectivity index is 1.21. The second-order valence-corrected chi connectivity index (χ2v) is 11.3. The van der Waals surface area contributed by atoms with Crippen LogP contribution in [0.3, 0.4) is 0 Å². The number of nitrogens with zero attached hydrogens (tertiary/aromatic N) is 1. The molecule has 1 saturated heterocycles. The Kier molecular flexibility index (Phi) is 6.53. The highest BCUT2D eigenvalue weighted by Gasteiger charge is 2.33. The predicted molar refractivity (Wildman–Crippen MR) is 129 cm³/mol. The van der Waals surface area contributed by atoms with Gasteiger partial charge in [-0.3, -0.25) is 4.79 Å². The van der Waals surface area contributed by atoms with Crippen LogP contribution in [0.2, 0.25) is 0 Å². The van der Waals surface area contributed by atoms with Crippen molar-refractivity contribution in [3.05, 3.63) is 53.1 Å². The molecule has 0 radical (unpaired) electrons. The molecule has 1 amide bonds. The minimum atomic E-state index is -3.54. The van der Waals surface area contributed by atoms with Crippen molar-refractivity contribution >= 4 is 15.9 Å². The van der Waals surface area contributed by atoms with E-state index < -0.39 is 10.0 Å². The molecule has 3 aliphatic rings. The van der Waals surface area contributed by atoms with E-state index in [1.807, 2.05) is 37.3 Å². The van der Waals surface area contributed by atoms with Crippen LogP contribution in [-0.2, 0) is 27.7 Å². The number of hydrogen-bond donors (Lipinski definition) is 1. The lowest BCUT2D eigenvalue weighted by Gasteiger charge is -2.31. The van der Waals surface area contributed by atoms with Gasteiger partial charge in [-0.05, 0) is 79.5 Å². The predicted octanol–water partition coefficient (Wildman–Crippen LogP) is 3.61. The van der Waals surface area contributed by atoms with Crippen molar-refractivity contribution in [3.8, 4) is 11.5 Å². The molecule has 1 N–H and O–H groups in total. The maximum Gasteiger partial charge on any atom is 0.243 e. The minimum Gasteiger partial charge on any atom is -0.486 e. The van der Waals surface area contributed by atoms with E-state index in [0.717, 1.165) is 42.6 Å². The molecule has 2 heterocycles. The molecule has 2 aromatic carbocycles. The van der Waals surface area contributed by atoms with Gasteiger partial charge in [0.2, 0.25) is 15.9 Å². The SMILES string of the molecule is CCC(NC(=O)C1CCN(S(=O)(=O)c2ccc3c(c2)CCC3)CC1)c1ccc2c(c1)OCCO2. The summed E-state index contributed by atoms with van der Waals surface area (Å²) in [6.45, 7) is 3.82. The second-order valence-electron chi connectivity index (χ2n) is 9.33. The number of ether oxygens (including phenoxy) is 2. The van der Waals surface area contributed by atoms with Crippen molar-refractivity contribution in [2.45, 2.75) is 56.4 Å². The third-order valence-electron chi connectivity index (χ3n) is 7.23. The first-order valence-electron chi connectivity index (χ1n) is 12.3. The molecule has 1 fully saturated rings. The lowest BCUT2D eigenvalue weighted by Crippen LogP contribution is -2.43.